The molecular weight excluding hydrogens is 480 g/mol. The number of rotatable bonds is 9. The van der Waals surface area contributed by atoms with Crippen LogP contribution in [0.5, 0.6) is 0 Å². The standard InChI is InChI=1S/C30H36N4O4/c1-4-26(31)27(35)32-33-30(38)34(28(36)20(2)14-15-22-10-6-5-7-11-22)29(37)21(3)18-23-16-17-24-12-8-9-13-25(24)19-23/h5-13,16-17,19-21,26H,4,14-15,18,31H2,1-3H3,(H,32,35)(H,33,38). The maximum atomic E-state index is 13.5. The number of amides is 5. The van der Waals surface area contributed by atoms with Crippen molar-refractivity contribution in [2.75, 3.05) is 0 Å². The highest BCUT2D eigenvalue weighted by Crippen LogP contribution is 2.20. The van der Waals surface area contributed by atoms with Crippen molar-refractivity contribution < 1.29 is 19.2 Å². The molecule has 4 N–H and O–H groups in total. The van der Waals surface area contributed by atoms with Crippen molar-refractivity contribution in [1.29, 1.82) is 0 Å². The van der Waals surface area contributed by atoms with Crippen molar-refractivity contribution in [2.24, 2.45) is 17.6 Å². The average molecular weight is 517 g/mol. The van der Waals surface area contributed by atoms with Crippen molar-refractivity contribution in [2.45, 2.75) is 52.5 Å². The molecule has 0 fully saturated rings. The first-order valence-electron chi connectivity index (χ1n) is 13.0. The van der Waals surface area contributed by atoms with Gasteiger partial charge < -0.3 is 5.73 Å². The topological polar surface area (TPSA) is 122 Å². The first-order valence-corrected chi connectivity index (χ1v) is 13.0. The second kappa shape index (κ2) is 13.5. The van der Waals surface area contributed by atoms with Crippen molar-refractivity contribution in [1.82, 2.24) is 15.8 Å². The highest BCUT2D eigenvalue weighted by Gasteiger charge is 2.35. The molecule has 3 aromatic carbocycles. The molecule has 3 aromatic rings. The van der Waals surface area contributed by atoms with E-state index in [4.69, 9.17) is 5.73 Å². The van der Waals surface area contributed by atoms with Crippen molar-refractivity contribution in [3.63, 3.8) is 0 Å². The Bertz CT molecular complexity index is 1280. The van der Waals surface area contributed by atoms with Crippen LogP contribution in [0.25, 0.3) is 10.8 Å². The number of aryl methyl sites for hydroxylation is 1. The molecule has 0 aliphatic carbocycles. The zero-order chi connectivity index (χ0) is 27.7. The molecule has 200 valence electrons. The first-order chi connectivity index (χ1) is 18.2. The quantitative estimate of drug-likeness (QED) is 0.370. The van der Waals surface area contributed by atoms with Gasteiger partial charge in [-0.1, -0.05) is 93.6 Å². The second-order valence-corrected chi connectivity index (χ2v) is 9.66. The van der Waals surface area contributed by atoms with Crippen LogP contribution in [0.15, 0.2) is 72.8 Å². The Morgan fingerprint density at radius 2 is 1.42 bits per heavy atom. The van der Waals surface area contributed by atoms with Gasteiger partial charge in [-0.05, 0) is 47.6 Å². The van der Waals surface area contributed by atoms with E-state index in [1.807, 2.05) is 72.8 Å². The Hall–Kier alpha value is -4.04. The number of urea groups is 1. The van der Waals surface area contributed by atoms with Gasteiger partial charge in [0.15, 0.2) is 0 Å². The number of fused-ring (bicyclic) bond motifs is 1. The SMILES string of the molecule is CCC(N)C(=O)NNC(=O)N(C(=O)C(C)CCc1ccccc1)C(=O)C(C)Cc1ccc2ccccc2c1. The number of hydrazine groups is 1. The lowest BCUT2D eigenvalue weighted by atomic mass is 9.96. The predicted octanol–water partition coefficient (Wildman–Crippen LogP) is 4.12. The lowest BCUT2D eigenvalue weighted by molar-refractivity contribution is -0.145. The van der Waals surface area contributed by atoms with Crippen LogP contribution in [0.1, 0.15) is 44.7 Å². The molecule has 3 atom stereocenters. The Morgan fingerprint density at radius 3 is 2.11 bits per heavy atom. The summed E-state index contributed by atoms with van der Waals surface area (Å²) < 4.78 is 0. The number of nitrogens with zero attached hydrogens (tertiary/aromatic N) is 1. The van der Waals surface area contributed by atoms with Gasteiger partial charge in [0.25, 0.3) is 5.91 Å². The number of hydrogen-bond acceptors (Lipinski definition) is 5. The zero-order valence-corrected chi connectivity index (χ0v) is 22.1. The molecule has 0 saturated heterocycles. The fourth-order valence-electron chi connectivity index (χ4n) is 4.16. The van der Waals surface area contributed by atoms with Gasteiger partial charge in [0.1, 0.15) is 0 Å². The predicted molar refractivity (Wildman–Crippen MR) is 148 cm³/mol. The molecule has 0 spiro atoms. The monoisotopic (exact) mass is 516 g/mol. The third-order valence-corrected chi connectivity index (χ3v) is 6.62. The molecule has 3 rings (SSSR count). The summed E-state index contributed by atoms with van der Waals surface area (Å²) >= 11 is 0. The third kappa shape index (κ3) is 7.49. The van der Waals surface area contributed by atoms with Gasteiger partial charge in [0, 0.05) is 11.8 Å². The Kier molecular flexibility index (Phi) is 10.1. The number of carbonyl (C=O) groups is 4. The van der Waals surface area contributed by atoms with Crippen LogP contribution in [0.3, 0.4) is 0 Å². The van der Waals surface area contributed by atoms with Crippen LogP contribution < -0.4 is 16.6 Å². The smallest absolute Gasteiger partial charge is 0.320 e. The summed E-state index contributed by atoms with van der Waals surface area (Å²) in [5, 5.41) is 2.12. The van der Waals surface area contributed by atoms with E-state index in [0.29, 0.717) is 30.6 Å². The first kappa shape index (κ1) is 28.5. The molecule has 0 radical (unpaired) electrons. The van der Waals surface area contributed by atoms with Gasteiger partial charge in [0.05, 0.1) is 6.04 Å². The molecular formula is C30H36N4O4. The summed E-state index contributed by atoms with van der Waals surface area (Å²) in [5.41, 5.74) is 12.1. The number of imide groups is 3. The molecule has 0 aromatic heterocycles. The summed E-state index contributed by atoms with van der Waals surface area (Å²) in [6.45, 7) is 5.11. The fraction of sp³-hybridized carbons (Fsp3) is 0.333. The molecule has 0 aliphatic heterocycles. The van der Waals surface area contributed by atoms with E-state index < -0.39 is 41.6 Å². The highest BCUT2D eigenvalue weighted by molar-refractivity contribution is 6.11. The minimum atomic E-state index is -1.01. The van der Waals surface area contributed by atoms with Gasteiger partial charge in [-0.2, -0.15) is 4.90 Å². The fourth-order valence-corrected chi connectivity index (χ4v) is 4.16. The van der Waals surface area contributed by atoms with Crippen molar-refractivity contribution >= 4 is 34.5 Å². The van der Waals surface area contributed by atoms with E-state index >= 15 is 0 Å². The van der Waals surface area contributed by atoms with Crippen LogP contribution in [0.2, 0.25) is 0 Å². The number of nitrogens with one attached hydrogen (secondary N) is 2. The molecule has 38 heavy (non-hydrogen) atoms. The molecule has 8 heteroatoms. The van der Waals surface area contributed by atoms with E-state index in [0.717, 1.165) is 21.9 Å². The highest BCUT2D eigenvalue weighted by atomic mass is 16.2. The molecule has 5 amide bonds. The lowest BCUT2D eigenvalue weighted by Gasteiger charge is -2.26. The van der Waals surface area contributed by atoms with Crippen LogP contribution in [0, 0.1) is 11.8 Å². The molecule has 0 aliphatic rings. The minimum absolute atomic E-state index is 0.339. The van der Waals surface area contributed by atoms with Gasteiger partial charge in [-0.15, -0.1) is 0 Å². The second-order valence-electron chi connectivity index (χ2n) is 9.66. The van der Waals surface area contributed by atoms with E-state index in [-0.39, 0.29) is 0 Å². The maximum absolute atomic E-state index is 13.5. The van der Waals surface area contributed by atoms with Gasteiger partial charge in [0.2, 0.25) is 11.8 Å². The van der Waals surface area contributed by atoms with Crippen molar-refractivity contribution in [3.05, 3.63) is 83.9 Å². The Labute approximate surface area is 223 Å². The Balaban J connectivity index is 1.76. The normalized spacial score (nSPS) is 13.3. The van der Waals surface area contributed by atoms with E-state index in [9.17, 15) is 19.2 Å². The summed E-state index contributed by atoms with van der Waals surface area (Å²) in [6, 6.07) is 21.7. The third-order valence-electron chi connectivity index (χ3n) is 6.62. The van der Waals surface area contributed by atoms with Crippen LogP contribution in [-0.2, 0) is 27.2 Å². The van der Waals surface area contributed by atoms with Crippen LogP contribution in [-0.4, -0.2) is 34.7 Å². The summed E-state index contributed by atoms with van der Waals surface area (Å²) in [6.07, 6.45) is 1.77. The number of nitrogens with two attached hydrogens (primary N) is 1. The van der Waals surface area contributed by atoms with Crippen molar-refractivity contribution in [3.8, 4) is 0 Å². The van der Waals surface area contributed by atoms with E-state index in [2.05, 4.69) is 10.9 Å². The summed E-state index contributed by atoms with van der Waals surface area (Å²) in [4.78, 5) is 52.7. The lowest BCUT2D eigenvalue weighted by Crippen LogP contribution is -2.57. The molecule has 0 bridgehead atoms. The minimum Gasteiger partial charge on any atom is -0.320 e. The van der Waals surface area contributed by atoms with E-state index in [1.54, 1.807) is 20.8 Å². The van der Waals surface area contributed by atoms with Gasteiger partial charge in [-0.3, -0.25) is 19.8 Å². The number of hydrogen-bond donors (Lipinski definition) is 3. The number of benzene rings is 3. The molecule has 0 saturated carbocycles. The maximum Gasteiger partial charge on any atom is 0.349 e. The molecule has 8 nitrogen and oxygen atoms in total. The summed E-state index contributed by atoms with van der Waals surface area (Å²) in [5.74, 6) is -3.14. The van der Waals surface area contributed by atoms with Gasteiger partial charge in [-0.25, -0.2) is 10.2 Å². The molecule has 3 unspecified atom stereocenters. The van der Waals surface area contributed by atoms with Gasteiger partial charge >= 0.3 is 6.03 Å². The largest absolute Gasteiger partial charge is 0.349 e. The van der Waals surface area contributed by atoms with E-state index in [1.165, 1.54) is 0 Å². The average Bonchev–Trinajstić information content (AvgIpc) is 2.94. The molecule has 0 heterocycles. The number of carbonyl (C=O) groups excluding carboxylic acids is 4. The summed E-state index contributed by atoms with van der Waals surface area (Å²) in [7, 11) is 0. The van der Waals surface area contributed by atoms with Crippen LogP contribution >= 0.6 is 0 Å². The zero-order valence-electron chi connectivity index (χ0n) is 22.1. The van der Waals surface area contributed by atoms with Crippen LogP contribution in [0.4, 0.5) is 4.79 Å². The Morgan fingerprint density at radius 1 is 0.789 bits per heavy atom.